The van der Waals surface area contributed by atoms with Crippen molar-refractivity contribution in [2.45, 2.75) is 31.6 Å². The minimum absolute atomic E-state index is 0.0382. The van der Waals surface area contributed by atoms with E-state index in [9.17, 15) is 15.2 Å². The molecule has 4 nitrogen and oxygen atoms in total. The fraction of sp³-hybridized carbons (Fsp3) is 0.375. The summed E-state index contributed by atoms with van der Waals surface area (Å²) in [6, 6.07) is 10.0. The lowest BCUT2D eigenvalue weighted by Gasteiger charge is -2.32. The van der Waals surface area contributed by atoms with E-state index in [0.717, 1.165) is 11.1 Å². The van der Waals surface area contributed by atoms with Crippen molar-refractivity contribution in [1.82, 2.24) is 0 Å². The first kappa shape index (κ1) is 14.1. The van der Waals surface area contributed by atoms with Gasteiger partial charge in [-0.05, 0) is 24.5 Å². The van der Waals surface area contributed by atoms with Crippen LogP contribution in [0.3, 0.4) is 0 Å². The number of carbonyl (C=O) groups is 1. The van der Waals surface area contributed by atoms with Gasteiger partial charge in [0.2, 0.25) is 0 Å². The summed E-state index contributed by atoms with van der Waals surface area (Å²) in [5.74, 6) is -0.522. The minimum atomic E-state index is -0.777. The van der Waals surface area contributed by atoms with Crippen LogP contribution in [0.5, 0.6) is 0 Å². The monoisotopic (exact) mass is 271 g/mol. The maximum atomic E-state index is 11.7. The molecule has 0 fully saturated rings. The molecule has 2 rings (SSSR count). The molecule has 1 atom stereocenters. The zero-order valence-corrected chi connectivity index (χ0v) is 11.6. The van der Waals surface area contributed by atoms with E-state index in [1.807, 2.05) is 31.2 Å². The van der Waals surface area contributed by atoms with Gasteiger partial charge >= 0.3 is 5.97 Å². The van der Waals surface area contributed by atoms with Gasteiger partial charge < -0.3 is 9.84 Å². The molecule has 1 aliphatic rings. The standard InChI is InChI=1S/C16H17NO3/c1-11-5-3-4-6-13(11)16(10-17)8-7-14(18)12(9-16)15(19)20-2/h3-6,18H,7-9H2,1-2H3. The van der Waals surface area contributed by atoms with Crippen LogP contribution in [-0.2, 0) is 14.9 Å². The molecule has 0 aliphatic heterocycles. The molecule has 0 spiro atoms. The van der Waals surface area contributed by atoms with E-state index in [2.05, 4.69) is 6.07 Å². The Morgan fingerprint density at radius 2 is 2.15 bits per heavy atom. The van der Waals surface area contributed by atoms with Crippen LogP contribution in [0.25, 0.3) is 0 Å². The first-order chi connectivity index (χ1) is 9.54. The number of nitrogens with zero attached hydrogens (tertiary/aromatic N) is 1. The van der Waals surface area contributed by atoms with Gasteiger partial charge in [0.25, 0.3) is 0 Å². The Labute approximate surface area is 118 Å². The molecule has 1 aliphatic carbocycles. The van der Waals surface area contributed by atoms with Crippen LogP contribution in [0.15, 0.2) is 35.6 Å². The van der Waals surface area contributed by atoms with Gasteiger partial charge in [-0.25, -0.2) is 4.79 Å². The number of hydrogen-bond donors (Lipinski definition) is 1. The summed E-state index contributed by atoms with van der Waals surface area (Å²) in [5.41, 5.74) is 1.36. The smallest absolute Gasteiger partial charge is 0.337 e. The van der Waals surface area contributed by atoms with Crippen molar-refractivity contribution < 1.29 is 14.6 Å². The molecule has 1 aromatic rings. The molecule has 0 saturated heterocycles. The predicted octanol–water partition coefficient (Wildman–Crippen LogP) is 2.93. The van der Waals surface area contributed by atoms with Crippen LogP contribution in [0.2, 0.25) is 0 Å². The number of esters is 1. The Balaban J connectivity index is 2.48. The highest BCUT2D eigenvalue weighted by Crippen LogP contribution is 2.42. The highest BCUT2D eigenvalue weighted by molar-refractivity contribution is 5.89. The van der Waals surface area contributed by atoms with Crippen molar-refractivity contribution in [3.8, 4) is 6.07 Å². The van der Waals surface area contributed by atoms with Crippen LogP contribution in [0, 0.1) is 18.3 Å². The molecule has 1 unspecified atom stereocenters. The molecule has 0 saturated carbocycles. The Morgan fingerprint density at radius 3 is 2.75 bits per heavy atom. The largest absolute Gasteiger partial charge is 0.512 e. The van der Waals surface area contributed by atoms with Gasteiger partial charge in [0.15, 0.2) is 0 Å². The SMILES string of the molecule is COC(=O)C1=C(O)CCC(C#N)(c2ccccc2C)C1. The Bertz CT molecular complexity index is 612. The molecule has 4 heteroatoms. The van der Waals surface area contributed by atoms with Crippen LogP contribution < -0.4 is 0 Å². The molecule has 0 amide bonds. The zero-order valence-electron chi connectivity index (χ0n) is 11.6. The van der Waals surface area contributed by atoms with Crippen molar-refractivity contribution in [3.63, 3.8) is 0 Å². The van der Waals surface area contributed by atoms with Gasteiger partial charge in [-0.3, -0.25) is 0 Å². The molecule has 0 radical (unpaired) electrons. The first-order valence-electron chi connectivity index (χ1n) is 6.51. The second-order valence-electron chi connectivity index (χ2n) is 5.10. The summed E-state index contributed by atoms with van der Waals surface area (Å²) in [6.07, 6.45) is 1.000. The molecule has 20 heavy (non-hydrogen) atoms. The fourth-order valence-corrected chi connectivity index (χ4v) is 2.78. The number of aliphatic hydroxyl groups excluding tert-OH is 1. The summed E-state index contributed by atoms with van der Waals surface area (Å²) in [4.78, 5) is 11.7. The van der Waals surface area contributed by atoms with Gasteiger partial charge in [0.1, 0.15) is 5.76 Å². The van der Waals surface area contributed by atoms with Crippen molar-refractivity contribution in [1.29, 1.82) is 5.26 Å². The molecule has 104 valence electrons. The van der Waals surface area contributed by atoms with Crippen molar-refractivity contribution in [2.75, 3.05) is 7.11 Å². The second-order valence-corrected chi connectivity index (χ2v) is 5.10. The number of hydrogen-bond acceptors (Lipinski definition) is 4. The average molecular weight is 271 g/mol. The zero-order chi connectivity index (χ0) is 14.8. The van der Waals surface area contributed by atoms with Gasteiger partial charge in [-0.15, -0.1) is 0 Å². The topological polar surface area (TPSA) is 70.3 Å². The Kier molecular flexibility index (Phi) is 3.80. The number of rotatable bonds is 2. The molecular formula is C16H17NO3. The third kappa shape index (κ3) is 2.27. The molecule has 0 aromatic heterocycles. The number of nitriles is 1. The van der Waals surface area contributed by atoms with E-state index in [-0.39, 0.29) is 17.8 Å². The maximum absolute atomic E-state index is 11.7. The van der Waals surface area contributed by atoms with Gasteiger partial charge in [-0.1, -0.05) is 24.3 Å². The molecule has 0 heterocycles. The third-order valence-electron chi connectivity index (χ3n) is 3.92. The van der Waals surface area contributed by atoms with Crippen molar-refractivity contribution in [3.05, 3.63) is 46.7 Å². The Morgan fingerprint density at radius 1 is 1.45 bits per heavy atom. The number of allylic oxidation sites excluding steroid dienone is 1. The molecular weight excluding hydrogens is 254 g/mol. The summed E-state index contributed by atoms with van der Waals surface area (Å²) in [6.45, 7) is 1.95. The van der Waals surface area contributed by atoms with Gasteiger partial charge in [0, 0.05) is 12.8 Å². The number of methoxy groups -OCH3 is 1. The minimum Gasteiger partial charge on any atom is -0.512 e. The number of benzene rings is 1. The first-order valence-corrected chi connectivity index (χ1v) is 6.51. The van der Waals surface area contributed by atoms with Crippen LogP contribution in [0.1, 0.15) is 30.4 Å². The lowest BCUT2D eigenvalue weighted by Crippen LogP contribution is -2.32. The van der Waals surface area contributed by atoms with Crippen LogP contribution >= 0.6 is 0 Å². The summed E-state index contributed by atoms with van der Waals surface area (Å²) >= 11 is 0. The van der Waals surface area contributed by atoms with Crippen molar-refractivity contribution >= 4 is 5.97 Å². The normalized spacial score (nSPS) is 22.2. The highest BCUT2D eigenvalue weighted by Gasteiger charge is 2.40. The number of aryl methyl sites for hydroxylation is 1. The Hall–Kier alpha value is -2.28. The quantitative estimate of drug-likeness (QED) is 0.839. The third-order valence-corrected chi connectivity index (χ3v) is 3.92. The highest BCUT2D eigenvalue weighted by atomic mass is 16.5. The van der Waals surface area contributed by atoms with Gasteiger partial charge in [-0.2, -0.15) is 5.26 Å². The van der Waals surface area contributed by atoms with Crippen molar-refractivity contribution in [2.24, 2.45) is 0 Å². The van der Waals surface area contributed by atoms with Crippen LogP contribution in [0.4, 0.5) is 0 Å². The van der Waals surface area contributed by atoms with E-state index in [1.165, 1.54) is 7.11 Å². The summed E-state index contributed by atoms with van der Waals surface area (Å²) in [7, 11) is 1.28. The predicted molar refractivity (Wildman–Crippen MR) is 74.0 cm³/mol. The summed E-state index contributed by atoms with van der Waals surface area (Å²) in [5, 5.41) is 19.6. The van der Waals surface area contributed by atoms with E-state index >= 15 is 0 Å². The van der Waals surface area contributed by atoms with Gasteiger partial charge in [0.05, 0.1) is 24.2 Å². The number of aliphatic hydroxyl groups is 1. The maximum Gasteiger partial charge on any atom is 0.337 e. The molecule has 0 bridgehead atoms. The van der Waals surface area contributed by atoms with Crippen LogP contribution in [-0.4, -0.2) is 18.2 Å². The molecule has 1 aromatic carbocycles. The van der Waals surface area contributed by atoms with E-state index in [0.29, 0.717) is 12.8 Å². The average Bonchev–Trinajstić information content (AvgIpc) is 2.48. The summed E-state index contributed by atoms with van der Waals surface area (Å²) < 4.78 is 4.70. The number of carbonyl (C=O) groups excluding carboxylic acids is 1. The fourth-order valence-electron chi connectivity index (χ4n) is 2.78. The lowest BCUT2D eigenvalue weighted by molar-refractivity contribution is -0.136. The van der Waals surface area contributed by atoms with E-state index < -0.39 is 11.4 Å². The van der Waals surface area contributed by atoms with E-state index in [1.54, 1.807) is 0 Å². The lowest BCUT2D eigenvalue weighted by atomic mass is 9.68. The van der Waals surface area contributed by atoms with E-state index in [4.69, 9.17) is 4.74 Å². The number of ether oxygens (including phenoxy) is 1. The second kappa shape index (κ2) is 5.38. The molecule has 1 N–H and O–H groups in total.